The molecule has 0 saturated carbocycles. The highest BCUT2D eigenvalue weighted by atomic mass is 35.5. The van der Waals surface area contributed by atoms with E-state index in [1.165, 1.54) is 18.2 Å². The molecule has 5 nitrogen and oxygen atoms in total. The molecule has 2 rings (SSSR count). The number of halogens is 1. The molecule has 0 amide bonds. The number of hydrogen-bond donors (Lipinski definition) is 2. The molecule has 6 heteroatoms. The average molecular weight is 277 g/mol. The van der Waals surface area contributed by atoms with E-state index in [9.17, 15) is 15.2 Å². The van der Waals surface area contributed by atoms with E-state index in [4.69, 9.17) is 17.0 Å². The summed E-state index contributed by atoms with van der Waals surface area (Å²) >= 11 is 5.75. The van der Waals surface area contributed by atoms with Gasteiger partial charge < -0.3 is 5.11 Å². The summed E-state index contributed by atoms with van der Waals surface area (Å²) in [4.78, 5) is 10.1. The van der Waals surface area contributed by atoms with E-state index >= 15 is 0 Å². The molecule has 96 valence electrons. The Morgan fingerprint density at radius 1 is 1.21 bits per heavy atom. The molecule has 0 radical (unpaired) electrons. The van der Waals surface area contributed by atoms with Gasteiger partial charge in [-0.3, -0.25) is 15.5 Å². The van der Waals surface area contributed by atoms with Crippen LogP contribution in [0.1, 0.15) is 11.1 Å². The largest absolute Gasteiger partial charge is 0.507 e. The molecule has 2 aromatic rings. The van der Waals surface area contributed by atoms with E-state index in [1.807, 2.05) is 0 Å². The van der Waals surface area contributed by atoms with Gasteiger partial charge in [-0.15, -0.1) is 0 Å². The van der Waals surface area contributed by atoms with Crippen molar-refractivity contribution in [1.82, 2.24) is 0 Å². The summed E-state index contributed by atoms with van der Waals surface area (Å²) in [5.41, 5.74) is 0.445. The van der Waals surface area contributed by atoms with E-state index in [-0.39, 0.29) is 22.7 Å². The lowest BCUT2D eigenvalue weighted by molar-refractivity contribution is -0.384. The molecular weight excluding hydrogens is 268 g/mol. The number of nitrogens with one attached hydrogen (secondary N) is 1. The first-order valence-corrected chi connectivity index (χ1v) is 5.69. The van der Waals surface area contributed by atoms with Crippen LogP contribution in [-0.2, 0) is 0 Å². The van der Waals surface area contributed by atoms with Crippen LogP contribution in [0.5, 0.6) is 5.75 Å². The predicted octanol–water partition coefficient (Wildman–Crippen LogP) is 3.37. The van der Waals surface area contributed by atoms with E-state index < -0.39 is 4.92 Å². The number of phenolic OH excluding ortho intramolecular Hbond substituents is 1. The van der Waals surface area contributed by atoms with Crippen LogP contribution < -0.4 is 0 Å². The maximum atomic E-state index is 10.7. The summed E-state index contributed by atoms with van der Waals surface area (Å²) in [6.45, 7) is 0. The molecule has 0 saturated heterocycles. The molecule has 0 aliphatic rings. The van der Waals surface area contributed by atoms with Gasteiger partial charge in [0.1, 0.15) is 5.75 Å². The lowest BCUT2D eigenvalue weighted by Crippen LogP contribution is -2.02. The molecule has 0 heterocycles. The van der Waals surface area contributed by atoms with Crippen LogP contribution in [0.4, 0.5) is 5.69 Å². The first-order chi connectivity index (χ1) is 8.99. The molecule has 0 spiro atoms. The highest BCUT2D eigenvalue weighted by Crippen LogP contribution is 2.25. The van der Waals surface area contributed by atoms with Crippen molar-refractivity contribution in [2.75, 3.05) is 0 Å². The average Bonchev–Trinajstić information content (AvgIpc) is 2.39. The zero-order chi connectivity index (χ0) is 14.0. The van der Waals surface area contributed by atoms with Gasteiger partial charge in [-0.25, -0.2) is 0 Å². The zero-order valence-corrected chi connectivity index (χ0v) is 10.4. The Hall–Kier alpha value is -2.40. The van der Waals surface area contributed by atoms with Gasteiger partial charge in [0.15, 0.2) is 0 Å². The molecular formula is C13H9ClN2O3. The fraction of sp³-hybridized carbons (Fsp3) is 0. The molecule has 19 heavy (non-hydrogen) atoms. The Bertz CT molecular complexity index is 653. The van der Waals surface area contributed by atoms with E-state index in [2.05, 4.69) is 0 Å². The number of non-ortho nitro benzene ring substituents is 1. The number of hydrogen-bond acceptors (Lipinski definition) is 4. The van der Waals surface area contributed by atoms with E-state index in [1.54, 1.807) is 24.3 Å². The molecule has 0 aliphatic carbocycles. The lowest BCUT2D eigenvalue weighted by Gasteiger charge is -2.06. The molecule has 0 atom stereocenters. The van der Waals surface area contributed by atoms with Crippen molar-refractivity contribution in [2.24, 2.45) is 0 Å². The number of nitro groups is 1. The second kappa shape index (κ2) is 5.07. The normalized spacial score (nSPS) is 10.2. The van der Waals surface area contributed by atoms with Gasteiger partial charge in [-0.1, -0.05) is 23.7 Å². The minimum atomic E-state index is -0.571. The van der Waals surface area contributed by atoms with E-state index in [0.29, 0.717) is 10.6 Å². The van der Waals surface area contributed by atoms with Crippen LogP contribution in [0.2, 0.25) is 5.02 Å². The van der Waals surface area contributed by atoms with Crippen LogP contribution in [-0.4, -0.2) is 15.7 Å². The molecule has 0 unspecified atom stereocenters. The minimum absolute atomic E-state index is 0.00198. The van der Waals surface area contributed by atoms with Crippen LogP contribution >= 0.6 is 11.6 Å². The van der Waals surface area contributed by atoms with Crippen molar-refractivity contribution in [3.05, 3.63) is 68.7 Å². The van der Waals surface area contributed by atoms with Gasteiger partial charge in [-0.05, 0) is 18.2 Å². The number of benzene rings is 2. The minimum Gasteiger partial charge on any atom is -0.507 e. The van der Waals surface area contributed by atoms with Gasteiger partial charge >= 0.3 is 0 Å². The first-order valence-electron chi connectivity index (χ1n) is 5.31. The Labute approximate surface area is 113 Å². The van der Waals surface area contributed by atoms with Crippen molar-refractivity contribution < 1.29 is 10.0 Å². The van der Waals surface area contributed by atoms with Gasteiger partial charge in [-0.2, -0.15) is 0 Å². The van der Waals surface area contributed by atoms with Crippen LogP contribution in [0.25, 0.3) is 0 Å². The SMILES string of the molecule is N=C(c1ccc(Cl)cc1)c1cc([N+](=O)[O-])ccc1O. The number of nitrogens with zero attached hydrogens (tertiary/aromatic N) is 1. The lowest BCUT2D eigenvalue weighted by atomic mass is 10.0. The Morgan fingerprint density at radius 3 is 2.42 bits per heavy atom. The Balaban J connectivity index is 2.46. The number of phenols is 1. The molecule has 0 aromatic heterocycles. The number of rotatable bonds is 3. The smallest absolute Gasteiger partial charge is 0.270 e. The van der Waals surface area contributed by atoms with Crippen LogP contribution in [0.3, 0.4) is 0 Å². The topological polar surface area (TPSA) is 87.2 Å². The summed E-state index contributed by atoms with van der Waals surface area (Å²) in [5, 5.41) is 28.9. The molecule has 0 fully saturated rings. The third-order valence-corrected chi connectivity index (χ3v) is 2.85. The van der Waals surface area contributed by atoms with Gasteiger partial charge in [0.2, 0.25) is 0 Å². The highest BCUT2D eigenvalue weighted by Gasteiger charge is 2.15. The summed E-state index contributed by atoms with van der Waals surface area (Å²) < 4.78 is 0. The maximum absolute atomic E-state index is 10.7. The molecule has 2 N–H and O–H groups in total. The third kappa shape index (κ3) is 2.71. The fourth-order valence-electron chi connectivity index (χ4n) is 1.61. The van der Waals surface area contributed by atoms with Gasteiger partial charge in [0.25, 0.3) is 5.69 Å². The summed E-state index contributed by atoms with van der Waals surface area (Å²) in [6, 6.07) is 10.0. The van der Waals surface area contributed by atoms with Crippen molar-refractivity contribution in [2.45, 2.75) is 0 Å². The predicted molar refractivity (Wildman–Crippen MR) is 72.1 cm³/mol. The van der Waals surface area contributed by atoms with Crippen molar-refractivity contribution in [3.63, 3.8) is 0 Å². The molecule has 0 aliphatic heterocycles. The number of nitro benzene ring substituents is 1. The van der Waals surface area contributed by atoms with Gasteiger partial charge in [0, 0.05) is 28.3 Å². The van der Waals surface area contributed by atoms with Crippen LogP contribution in [0.15, 0.2) is 42.5 Å². The summed E-state index contributed by atoms with van der Waals surface area (Å²) in [6.07, 6.45) is 0. The van der Waals surface area contributed by atoms with Crippen LogP contribution in [0, 0.1) is 15.5 Å². The quantitative estimate of drug-likeness (QED) is 0.512. The first kappa shape index (κ1) is 13.0. The van der Waals surface area contributed by atoms with Crippen molar-refractivity contribution in [1.29, 1.82) is 5.41 Å². The monoisotopic (exact) mass is 276 g/mol. The second-order valence-corrected chi connectivity index (χ2v) is 4.28. The summed E-state index contributed by atoms with van der Waals surface area (Å²) in [7, 11) is 0. The highest BCUT2D eigenvalue weighted by molar-refractivity contribution is 6.30. The summed E-state index contributed by atoms with van der Waals surface area (Å²) in [5.74, 6) is -0.175. The van der Waals surface area contributed by atoms with Gasteiger partial charge in [0.05, 0.1) is 10.6 Å². The third-order valence-electron chi connectivity index (χ3n) is 2.59. The standard InChI is InChI=1S/C13H9ClN2O3/c14-9-3-1-8(2-4-9)13(15)11-7-10(16(18)19)5-6-12(11)17/h1-7,15,17H. The fourth-order valence-corrected chi connectivity index (χ4v) is 1.74. The van der Waals surface area contributed by atoms with E-state index in [0.717, 1.165) is 0 Å². The zero-order valence-electron chi connectivity index (χ0n) is 9.63. The Kier molecular flexibility index (Phi) is 3.48. The van der Waals surface area contributed by atoms with Crippen molar-refractivity contribution >= 4 is 23.0 Å². The number of aromatic hydroxyl groups is 1. The maximum Gasteiger partial charge on any atom is 0.270 e. The molecule has 0 bridgehead atoms. The second-order valence-electron chi connectivity index (χ2n) is 3.84. The van der Waals surface area contributed by atoms with Crippen molar-refractivity contribution in [3.8, 4) is 5.75 Å². The Morgan fingerprint density at radius 2 is 1.84 bits per heavy atom. The molecule has 2 aromatic carbocycles.